The number of carbonyl (C=O) groups excluding carboxylic acids is 1. The van der Waals surface area contributed by atoms with Gasteiger partial charge in [-0.3, -0.25) is 9.78 Å². The molecule has 3 N–H and O–H groups in total. The molecule has 0 saturated carbocycles. The number of rotatable bonds is 5. The Bertz CT molecular complexity index is 1220. The first-order valence-corrected chi connectivity index (χ1v) is 11.0. The molecular formula is C24H24N6O3. The summed E-state index contributed by atoms with van der Waals surface area (Å²) in [5, 5.41) is 19.8. The average Bonchev–Trinajstić information content (AvgIpc) is 2.87. The SMILES string of the molecule is N#Cc1ccc2cccc(NC(=O)C3CCC(NCc4cc5c(cn4)OCCO5)CN3)c2n1. The molecule has 0 spiro atoms. The molecule has 1 saturated heterocycles. The summed E-state index contributed by atoms with van der Waals surface area (Å²) in [7, 11) is 0. The van der Waals surface area contributed by atoms with Crippen molar-refractivity contribution >= 4 is 22.5 Å². The van der Waals surface area contributed by atoms with Crippen LogP contribution in [0, 0.1) is 11.3 Å². The molecule has 1 aromatic carbocycles. The van der Waals surface area contributed by atoms with E-state index in [-0.39, 0.29) is 18.0 Å². The number of para-hydroxylation sites is 1. The van der Waals surface area contributed by atoms with Crippen LogP contribution in [0.25, 0.3) is 10.9 Å². The van der Waals surface area contributed by atoms with Crippen LogP contribution in [0.3, 0.4) is 0 Å². The molecule has 1 fully saturated rings. The number of piperidine rings is 1. The molecule has 2 aliphatic rings. The van der Waals surface area contributed by atoms with Gasteiger partial charge in [0.25, 0.3) is 0 Å². The number of pyridine rings is 2. The molecule has 1 amide bonds. The van der Waals surface area contributed by atoms with Gasteiger partial charge in [-0.25, -0.2) is 4.98 Å². The highest BCUT2D eigenvalue weighted by atomic mass is 16.6. The molecule has 0 bridgehead atoms. The minimum absolute atomic E-state index is 0.0985. The minimum atomic E-state index is -0.287. The molecule has 33 heavy (non-hydrogen) atoms. The molecular weight excluding hydrogens is 420 g/mol. The molecule has 168 valence electrons. The summed E-state index contributed by atoms with van der Waals surface area (Å²) < 4.78 is 11.1. The number of aromatic nitrogens is 2. The Morgan fingerprint density at radius 2 is 2.06 bits per heavy atom. The van der Waals surface area contributed by atoms with Crippen LogP contribution in [0.1, 0.15) is 24.2 Å². The Balaban J connectivity index is 1.15. The van der Waals surface area contributed by atoms with Crippen molar-refractivity contribution in [2.75, 3.05) is 25.1 Å². The van der Waals surface area contributed by atoms with Gasteiger partial charge in [-0.15, -0.1) is 0 Å². The second-order valence-corrected chi connectivity index (χ2v) is 8.11. The van der Waals surface area contributed by atoms with Gasteiger partial charge in [0.2, 0.25) is 5.91 Å². The van der Waals surface area contributed by atoms with Crippen LogP contribution in [-0.2, 0) is 11.3 Å². The number of carbonyl (C=O) groups is 1. The van der Waals surface area contributed by atoms with Crippen molar-refractivity contribution in [2.24, 2.45) is 0 Å². The van der Waals surface area contributed by atoms with Crippen molar-refractivity contribution in [3.05, 3.63) is 54.0 Å². The van der Waals surface area contributed by atoms with E-state index in [2.05, 4.69) is 25.9 Å². The lowest BCUT2D eigenvalue weighted by Gasteiger charge is -2.30. The maximum atomic E-state index is 12.9. The van der Waals surface area contributed by atoms with Gasteiger partial charge in [-0.1, -0.05) is 12.1 Å². The summed E-state index contributed by atoms with van der Waals surface area (Å²) in [6.07, 6.45) is 3.27. The number of anilines is 1. The molecule has 0 aliphatic carbocycles. The van der Waals surface area contributed by atoms with E-state index in [9.17, 15) is 4.79 Å². The van der Waals surface area contributed by atoms with E-state index in [1.165, 1.54) is 0 Å². The van der Waals surface area contributed by atoms with Crippen molar-refractivity contribution < 1.29 is 14.3 Å². The fourth-order valence-electron chi connectivity index (χ4n) is 4.12. The second-order valence-electron chi connectivity index (χ2n) is 8.11. The number of ether oxygens (including phenoxy) is 2. The molecule has 9 heteroatoms. The van der Waals surface area contributed by atoms with Crippen LogP contribution in [0.15, 0.2) is 42.6 Å². The largest absolute Gasteiger partial charge is 0.486 e. The minimum Gasteiger partial charge on any atom is -0.486 e. The third-order valence-corrected chi connectivity index (χ3v) is 5.88. The van der Waals surface area contributed by atoms with Crippen molar-refractivity contribution in [3.8, 4) is 17.6 Å². The zero-order chi connectivity index (χ0) is 22.6. The maximum absolute atomic E-state index is 12.9. The Labute approximate surface area is 191 Å². The summed E-state index contributed by atoms with van der Waals surface area (Å²) in [5.74, 6) is 1.32. The standard InChI is InChI=1S/C24H24N6O3/c25-11-16-5-4-15-2-1-3-19(23(15)29-16)30-24(31)20-7-6-17(12-28-20)26-13-18-10-21-22(14-27-18)33-9-8-32-21/h1-5,10,14,17,20,26,28H,6-9,12-13H2,(H,30,31). The normalized spacial score (nSPS) is 19.6. The fourth-order valence-corrected chi connectivity index (χ4v) is 4.12. The fraction of sp³-hybridized carbons (Fsp3) is 0.333. The molecule has 3 aromatic rings. The first-order valence-electron chi connectivity index (χ1n) is 11.0. The summed E-state index contributed by atoms with van der Waals surface area (Å²) >= 11 is 0. The molecule has 9 nitrogen and oxygen atoms in total. The van der Waals surface area contributed by atoms with E-state index in [0.717, 1.165) is 23.3 Å². The lowest BCUT2D eigenvalue weighted by atomic mass is 10.00. The summed E-state index contributed by atoms with van der Waals surface area (Å²) in [6.45, 7) is 2.39. The van der Waals surface area contributed by atoms with Crippen molar-refractivity contribution in [3.63, 3.8) is 0 Å². The van der Waals surface area contributed by atoms with E-state index in [0.29, 0.717) is 55.4 Å². The van der Waals surface area contributed by atoms with E-state index in [1.807, 2.05) is 36.4 Å². The first-order chi connectivity index (χ1) is 16.2. The van der Waals surface area contributed by atoms with Gasteiger partial charge in [0.1, 0.15) is 25.0 Å². The van der Waals surface area contributed by atoms with Gasteiger partial charge in [0.05, 0.1) is 29.1 Å². The maximum Gasteiger partial charge on any atom is 0.241 e. The summed E-state index contributed by atoms with van der Waals surface area (Å²) in [6, 6.07) is 13.0. The van der Waals surface area contributed by atoms with Gasteiger partial charge in [-0.05, 0) is 31.0 Å². The van der Waals surface area contributed by atoms with E-state index >= 15 is 0 Å². The van der Waals surface area contributed by atoms with Crippen LogP contribution in [0.2, 0.25) is 0 Å². The quantitative estimate of drug-likeness (QED) is 0.547. The van der Waals surface area contributed by atoms with Crippen molar-refractivity contribution in [2.45, 2.75) is 31.5 Å². The number of nitrogens with one attached hydrogen (secondary N) is 3. The van der Waals surface area contributed by atoms with Gasteiger partial charge in [-0.2, -0.15) is 5.26 Å². The summed E-state index contributed by atoms with van der Waals surface area (Å²) in [5.41, 5.74) is 2.44. The lowest BCUT2D eigenvalue weighted by Crippen LogP contribution is -2.52. The average molecular weight is 444 g/mol. The Hall–Kier alpha value is -3.74. The van der Waals surface area contributed by atoms with E-state index < -0.39 is 0 Å². The van der Waals surface area contributed by atoms with Gasteiger partial charge < -0.3 is 25.4 Å². The predicted octanol–water partition coefficient (Wildman–Crippen LogP) is 2.12. The number of amides is 1. The highest BCUT2D eigenvalue weighted by Crippen LogP contribution is 2.29. The van der Waals surface area contributed by atoms with Crippen LogP contribution in [-0.4, -0.2) is 47.7 Å². The van der Waals surface area contributed by atoms with Crippen molar-refractivity contribution in [1.29, 1.82) is 5.26 Å². The van der Waals surface area contributed by atoms with Gasteiger partial charge >= 0.3 is 0 Å². The molecule has 2 atom stereocenters. The number of nitriles is 1. The predicted molar refractivity (Wildman–Crippen MR) is 122 cm³/mol. The molecule has 2 unspecified atom stereocenters. The number of benzene rings is 1. The van der Waals surface area contributed by atoms with E-state index in [1.54, 1.807) is 12.3 Å². The number of nitrogens with zero attached hydrogens (tertiary/aromatic N) is 3. The number of fused-ring (bicyclic) bond motifs is 2. The highest BCUT2D eigenvalue weighted by Gasteiger charge is 2.26. The van der Waals surface area contributed by atoms with Crippen LogP contribution >= 0.6 is 0 Å². The highest BCUT2D eigenvalue weighted by molar-refractivity contribution is 6.02. The molecule has 5 rings (SSSR count). The Kier molecular flexibility index (Phi) is 6.02. The summed E-state index contributed by atoms with van der Waals surface area (Å²) in [4.78, 5) is 21.6. The smallest absolute Gasteiger partial charge is 0.241 e. The zero-order valence-corrected chi connectivity index (χ0v) is 18.0. The Morgan fingerprint density at radius 1 is 1.18 bits per heavy atom. The lowest BCUT2D eigenvalue weighted by molar-refractivity contribution is -0.118. The second kappa shape index (κ2) is 9.40. The molecule has 0 radical (unpaired) electrons. The number of hydrogen-bond acceptors (Lipinski definition) is 8. The molecule has 4 heterocycles. The molecule has 2 aromatic heterocycles. The monoisotopic (exact) mass is 444 g/mol. The van der Waals surface area contributed by atoms with Crippen LogP contribution < -0.4 is 25.4 Å². The third kappa shape index (κ3) is 4.72. The van der Waals surface area contributed by atoms with Gasteiger partial charge in [0, 0.05) is 30.6 Å². The Morgan fingerprint density at radius 3 is 2.88 bits per heavy atom. The number of hydrogen-bond donors (Lipinski definition) is 3. The van der Waals surface area contributed by atoms with Crippen molar-refractivity contribution in [1.82, 2.24) is 20.6 Å². The van der Waals surface area contributed by atoms with Gasteiger partial charge in [0.15, 0.2) is 11.5 Å². The van der Waals surface area contributed by atoms with E-state index in [4.69, 9.17) is 14.7 Å². The topological polar surface area (TPSA) is 121 Å². The zero-order valence-electron chi connectivity index (χ0n) is 18.0. The van der Waals surface area contributed by atoms with Crippen LogP contribution in [0.5, 0.6) is 11.5 Å². The first kappa shape index (κ1) is 21.1. The molecule has 2 aliphatic heterocycles. The van der Waals surface area contributed by atoms with Crippen LogP contribution in [0.4, 0.5) is 5.69 Å². The third-order valence-electron chi connectivity index (χ3n) is 5.88.